The van der Waals surface area contributed by atoms with Gasteiger partial charge >= 0.3 is 0 Å². The fourth-order valence-corrected chi connectivity index (χ4v) is 3.72. The van der Waals surface area contributed by atoms with E-state index >= 15 is 0 Å². The Morgan fingerprint density at radius 2 is 1.37 bits per heavy atom. The monoisotopic (exact) mass is 285 g/mol. The maximum absolute atomic E-state index is 12.5. The van der Waals surface area contributed by atoms with Gasteiger partial charge in [0.2, 0.25) is 10.0 Å². The molecule has 0 unspecified atom stereocenters. The molecule has 4 N–H and O–H groups in total. The maximum Gasteiger partial charge on any atom is 0.243 e. The number of hydrogen-bond donors (Lipinski definition) is 2. The summed E-state index contributed by atoms with van der Waals surface area (Å²) < 4.78 is 26.2. The van der Waals surface area contributed by atoms with Crippen LogP contribution in [0.25, 0.3) is 0 Å². The average Bonchev–Trinajstić information content (AvgIpc) is 2.35. The molecular formula is C13H23N3O2S. The number of benzene rings is 1. The summed E-state index contributed by atoms with van der Waals surface area (Å²) in [5, 5.41) is 0. The van der Waals surface area contributed by atoms with E-state index in [2.05, 4.69) is 0 Å². The average molecular weight is 285 g/mol. The van der Waals surface area contributed by atoms with Crippen LogP contribution >= 0.6 is 0 Å². The first kappa shape index (κ1) is 15.8. The predicted molar refractivity (Wildman–Crippen MR) is 79.6 cm³/mol. The zero-order chi connectivity index (χ0) is 15.0. The van der Waals surface area contributed by atoms with Crippen molar-refractivity contribution in [1.29, 1.82) is 0 Å². The van der Waals surface area contributed by atoms with Gasteiger partial charge in [0.25, 0.3) is 0 Å². The second-order valence-electron chi connectivity index (χ2n) is 4.73. The molecule has 1 rings (SSSR count). The van der Waals surface area contributed by atoms with Gasteiger partial charge in [0.05, 0.1) is 4.90 Å². The number of rotatable bonds is 4. The molecular weight excluding hydrogens is 262 g/mol. The number of hydrogen-bond acceptors (Lipinski definition) is 4. The lowest BCUT2D eigenvalue weighted by Gasteiger charge is -2.22. The van der Waals surface area contributed by atoms with E-state index in [1.807, 2.05) is 20.8 Å². The Morgan fingerprint density at radius 3 is 1.63 bits per heavy atom. The molecule has 0 radical (unpaired) electrons. The molecule has 0 saturated heterocycles. The Bertz CT molecular complexity index is 561. The number of nitrogens with two attached hydrogens (primary N) is 2. The molecule has 0 aliphatic carbocycles. The third kappa shape index (κ3) is 2.42. The summed E-state index contributed by atoms with van der Waals surface area (Å²) in [7, 11) is -0.522. The van der Waals surface area contributed by atoms with Crippen molar-refractivity contribution in [3.8, 4) is 0 Å². The summed E-state index contributed by atoms with van der Waals surface area (Å²) in [5.74, 6) is 0. The van der Waals surface area contributed by atoms with Crippen molar-refractivity contribution >= 4 is 21.4 Å². The topological polar surface area (TPSA) is 89.4 Å². The molecule has 0 bridgehead atoms. The van der Waals surface area contributed by atoms with Crippen molar-refractivity contribution in [3.05, 3.63) is 16.7 Å². The van der Waals surface area contributed by atoms with Gasteiger partial charge in [-0.3, -0.25) is 0 Å². The molecule has 108 valence electrons. The molecule has 1 aromatic rings. The normalized spacial score (nSPS) is 12.1. The molecule has 0 fully saturated rings. The quantitative estimate of drug-likeness (QED) is 0.821. The van der Waals surface area contributed by atoms with E-state index in [1.165, 1.54) is 18.4 Å². The Hall–Kier alpha value is -1.27. The number of nitrogen functional groups attached to an aromatic ring is 2. The highest BCUT2D eigenvalue weighted by atomic mass is 32.2. The van der Waals surface area contributed by atoms with Crippen LogP contribution in [0, 0.1) is 6.92 Å². The van der Waals surface area contributed by atoms with Gasteiger partial charge in [0.1, 0.15) is 0 Å². The van der Waals surface area contributed by atoms with E-state index in [0.717, 1.165) is 5.56 Å². The van der Waals surface area contributed by atoms with Gasteiger partial charge in [0.15, 0.2) is 0 Å². The summed E-state index contributed by atoms with van der Waals surface area (Å²) in [6.07, 6.45) is 1.12. The van der Waals surface area contributed by atoms with Crippen molar-refractivity contribution in [2.45, 2.75) is 38.5 Å². The van der Waals surface area contributed by atoms with Crippen LogP contribution in [-0.2, 0) is 22.9 Å². The SMILES string of the molecule is CCc1c(N)c(C)c(N)c(CC)c1S(=O)(=O)N(C)C. The van der Waals surface area contributed by atoms with E-state index in [-0.39, 0.29) is 4.90 Å². The Kier molecular flexibility index (Phi) is 4.47. The maximum atomic E-state index is 12.5. The summed E-state index contributed by atoms with van der Waals surface area (Å²) in [6.45, 7) is 5.62. The van der Waals surface area contributed by atoms with Gasteiger partial charge in [-0.2, -0.15) is 0 Å². The zero-order valence-electron chi connectivity index (χ0n) is 12.2. The van der Waals surface area contributed by atoms with Gasteiger partial charge in [0, 0.05) is 25.5 Å². The lowest BCUT2D eigenvalue weighted by atomic mass is 9.98. The number of sulfonamides is 1. The highest BCUT2D eigenvalue weighted by molar-refractivity contribution is 7.89. The van der Waals surface area contributed by atoms with Crippen LogP contribution in [-0.4, -0.2) is 26.8 Å². The first-order valence-electron chi connectivity index (χ1n) is 6.31. The molecule has 0 amide bonds. The van der Waals surface area contributed by atoms with E-state index in [4.69, 9.17) is 11.5 Å². The zero-order valence-corrected chi connectivity index (χ0v) is 13.1. The Labute approximate surface area is 115 Å². The molecule has 0 atom stereocenters. The molecule has 0 aliphatic rings. The summed E-state index contributed by atoms with van der Waals surface area (Å²) in [5.41, 5.74) is 15.2. The predicted octanol–water partition coefficient (Wildman–Crippen LogP) is 1.53. The van der Waals surface area contributed by atoms with Crippen molar-refractivity contribution < 1.29 is 8.42 Å². The molecule has 1 aromatic carbocycles. The minimum absolute atomic E-state index is 0.281. The first-order chi connectivity index (χ1) is 8.69. The molecule has 0 heterocycles. The van der Waals surface area contributed by atoms with Crippen molar-refractivity contribution in [3.63, 3.8) is 0 Å². The summed E-state index contributed by atoms with van der Waals surface area (Å²) in [6, 6.07) is 0. The van der Waals surface area contributed by atoms with Crippen LogP contribution in [0.15, 0.2) is 4.90 Å². The van der Waals surface area contributed by atoms with Gasteiger partial charge in [-0.15, -0.1) is 0 Å². The first-order valence-corrected chi connectivity index (χ1v) is 7.75. The lowest BCUT2D eigenvalue weighted by Crippen LogP contribution is -2.26. The molecule has 0 spiro atoms. The van der Waals surface area contributed by atoms with Crippen LogP contribution in [0.5, 0.6) is 0 Å². The highest BCUT2D eigenvalue weighted by Crippen LogP contribution is 2.36. The third-order valence-corrected chi connectivity index (χ3v) is 5.42. The largest absolute Gasteiger partial charge is 0.398 e. The molecule has 5 nitrogen and oxygen atoms in total. The molecule has 0 aliphatic heterocycles. The molecule has 0 saturated carbocycles. The highest BCUT2D eigenvalue weighted by Gasteiger charge is 2.28. The van der Waals surface area contributed by atoms with Gasteiger partial charge in [-0.1, -0.05) is 13.8 Å². The number of nitrogens with zero attached hydrogens (tertiary/aromatic N) is 1. The standard InChI is InChI=1S/C13H23N3O2S/c1-6-9-11(14)8(3)12(15)10(7-2)13(9)19(17,18)16(4)5/h6-7,14-15H2,1-5H3. The van der Waals surface area contributed by atoms with Gasteiger partial charge < -0.3 is 11.5 Å². The number of anilines is 2. The Balaban J connectivity index is 3.91. The van der Waals surface area contributed by atoms with E-state index in [1.54, 1.807) is 0 Å². The van der Waals surface area contributed by atoms with Gasteiger partial charge in [-0.05, 0) is 36.5 Å². The van der Waals surface area contributed by atoms with Gasteiger partial charge in [-0.25, -0.2) is 12.7 Å². The third-order valence-electron chi connectivity index (χ3n) is 3.45. The minimum Gasteiger partial charge on any atom is -0.398 e. The van der Waals surface area contributed by atoms with Crippen LogP contribution in [0.2, 0.25) is 0 Å². The summed E-state index contributed by atoms with van der Waals surface area (Å²) in [4.78, 5) is 0.281. The van der Waals surface area contributed by atoms with Crippen LogP contribution < -0.4 is 11.5 Å². The smallest absolute Gasteiger partial charge is 0.243 e. The molecule has 19 heavy (non-hydrogen) atoms. The molecule has 6 heteroatoms. The fraction of sp³-hybridized carbons (Fsp3) is 0.538. The minimum atomic E-state index is -3.55. The van der Waals surface area contributed by atoms with E-state index in [0.29, 0.717) is 35.3 Å². The second-order valence-corrected chi connectivity index (χ2v) is 6.82. The fourth-order valence-electron chi connectivity index (χ4n) is 2.22. The van der Waals surface area contributed by atoms with Crippen molar-refractivity contribution in [2.75, 3.05) is 25.6 Å². The van der Waals surface area contributed by atoms with Crippen LogP contribution in [0.4, 0.5) is 11.4 Å². The Morgan fingerprint density at radius 1 is 1.00 bits per heavy atom. The van der Waals surface area contributed by atoms with Crippen LogP contribution in [0.3, 0.4) is 0 Å². The van der Waals surface area contributed by atoms with Crippen LogP contribution in [0.1, 0.15) is 30.5 Å². The van der Waals surface area contributed by atoms with Crippen molar-refractivity contribution in [1.82, 2.24) is 4.31 Å². The van der Waals surface area contributed by atoms with E-state index < -0.39 is 10.0 Å². The van der Waals surface area contributed by atoms with Crippen molar-refractivity contribution in [2.24, 2.45) is 0 Å². The van der Waals surface area contributed by atoms with E-state index in [9.17, 15) is 8.42 Å². The summed E-state index contributed by atoms with van der Waals surface area (Å²) >= 11 is 0. The lowest BCUT2D eigenvalue weighted by molar-refractivity contribution is 0.518. The molecule has 0 aromatic heterocycles. The second kappa shape index (κ2) is 5.38.